The molecule has 1 aliphatic heterocycles. The summed E-state index contributed by atoms with van der Waals surface area (Å²) < 4.78 is 18.4. The standard InChI is InChI=1S/C19H17N3O6/c1-21-16-14(17(23)22(2)19(21)25)12(13-10(20-16)8-28-18(13)24)9-6-5-7-11(26-3)15(9)27-4/h5-7H,8H2,1-4H3/p+1. The molecule has 0 radical (unpaired) electrons. The summed E-state index contributed by atoms with van der Waals surface area (Å²) in [5, 5.41) is 0.189. The van der Waals surface area contributed by atoms with E-state index in [0.717, 1.165) is 4.57 Å². The van der Waals surface area contributed by atoms with E-state index in [-0.39, 0.29) is 17.6 Å². The number of aromatic nitrogens is 3. The van der Waals surface area contributed by atoms with Crippen LogP contribution in [0.1, 0.15) is 16.1 Å². The molecule has 0 saturated carbocycles. The van der Waals surface area contributed by atoms with Crippen LogP contribution in [0.15, 0.2) is 27.8 Å². The molecule has 28 heavy (non-hydrogen) atoms. The van der Waals surface area contributed by atoms with E-state index in [4.69, 9.17) is 14.2 Å². The van der Waals surface area contributed by atoms with Crippen molar-refractivity contribution in [2.24, 2.45) is 14.1 Å². The van der Waals surface area contributed by atoms with Crippen molar-refractivity contribution < 1.29 is 24.0 Å². The first-order valence-corrected chi connectivity index (χ1v) is 8.47. The summed E-state index contributed by atoms with van der Waals surface area (Å²) in [5.74, 6) is 0.266. The van der Waals surface area contributed by atoms with Gasteiger partial charge in [-0.2, -0.15) is 4.57 Å². The second-order valence-corrected chi connectivity index (χ2v) is 6.40. The first-order valence-electron chi connectivity index (χ1n) is 8.47. The monoisotopic (exact) mass is 384 g/mol. The number of cyclic esters (lactones) is 1. The van der Waals surface area contributed by atoms with Crippen LogP contribution in [0.4, 0.5) is 0 Å². The molecule has 0 aliphatic carbocycles. The highest BCUT2D eigenvalue weighted by Gasteiger charge is 2.35. The molecule has 2 aromatic heterocycles. The van der Waals surface area contributed by atoms with Crippen LogP contribution in [0.5, 0.6) is 11.5 Å². The van der Waals surface area contributed by atoms with Crippen molar-refractivity contribution in [1.29, 1.82) is 0 Å². The number of hydrogen-bond acceptors (Lipinski definition) is 6. The van der Waals surface area contributed by atoms with E-state index in [2.05, 4.69) is 4.98 Å². The normalized spacial score (nSPS) is 12.8. The number of fused-ring (bicyclic) bond motifs is 2. The number of ether oxygens (including phenoxy) is 3. The number of para-hydroxylation sites is 1. The molecule has 3 aromatic rings. The molecular formula is C19H18N3O6+. The minimum absolute atomic E-state index is 0.0206. The molecule has 0 spiro atoms. The first kappa shape index (κ1) is 17.8. The van der Waals surface area contributed by atoms with Gasteiger partial charge in [0.2, 0.25) is 0 Å². The summed E-state index contributed by atoms with van der Waals surface area (Å²) in [6, 6.07) is 5.18. The number of benzene rings is 1. The average molecular weight is 384 g/mol. The van der Waals surface area contributed by atoms with Crippen LogP contribution in [0.25, 0.3) is 22.2 Å². The fraction of sp³-hybridized carbons (Fsp3) is 0.263. The molecule has 144 valence electrons. The number of esters is 1. The summed E-state index contributed by atoms with van der Waals surface area (Å²) in [5.41, 5.74) is 0.851. The van der Waals surface area contributed by atoms with Crippen molar-refractivity contribution in [3.05, 3.63) is 50.3 Å². The Hall–Kier alpha value is -3.62. The third kappa shape index (κ3) is 2.25. The second-order valence-electron chi connectivity index (χ2n) is 6.40. The maximum absolute atomic E-state index is 13.1. The molecule has 0 saturated heterocycles. The Morgan fingerprint density at radius 2 is 1.79 bits per heavy atom. The van der Waals surface area contributed by atoms with Gasteiger partial charge in [0.1, 0.15) is 10.9 Å². The molecule has 0 bridgehead atoms. The quantitative estimate of drug-likeness (QED) is 0.606. The lowest BCUT2D eigenvalue weighted by Crippen LogP contribution is -2.40. The van der Waals surface area contributed by atoms with E-state index in [1.165, 1.54) is 25.8 Å². The zero-order valence-corrected chi connectivity index (χ0v) is 15.8. The van der Waals surface area contributed by atoms with Crippen molar-refractivity contribution in [2.75, 3.05) is 14.2 Å². The van der Waals surface area contributed by atoms with E-state index in [1.807, 2.05) is 0 Å². The van der Waals surface area contributed by atoms with E-state index >= 15 is 0 Å². The van der Waals surface area contributed by atoms with Gasteiger partial charge < -0.3 is 14.2 Å². The number of aromatic amines is 1. The van der Waals surface area contributed by atoms with Crippen LogP contribution in [0.2, 0.25) is 0 Å². The van der Waals surface area contributed by atoms with Crippen LogP contribution in [0.3, 0.4) is 0 Å². The third-order valence-electron chi connectivity index (χ3n) is 4.96. The van der Waals surface area contributed by atoms with E-state index in [0.29, 0.717) is 34.0 Å². The van der Waals surface area contributed by atoms with Crippen molar-refractivity contribution in [3.8, 4) is 22.6 Å². The highest BCUT2D eigenvalue weighted by atomic mass is 16.5. The predicted octanol–water partition coefficient (Wildman–Crippen LogP) is 0.406. The number of hydrogen-bond donors (Lipinski definition) is 0. The fourth-order valence-corrected chi connectivity index (χ4v) is 3.59. The molecule has 0 amide bonds. The Labute approximate surface area is 158 Å². The third-order valence-corrected chi connectivity index (χ3v) is 4.96. The summed E-state index contributed by atoms with van der Waals surface area (Å²) >= 11 is 0. The van der Waals surface area contributed by atoms with Crippen molar-refractivity contribution >= 4 is 17.0 Å². The minimum Gasteiger partial charge on any atom is -0.493 e. The molecule has 0 atom stereocenters. The smallest absolute Gasteiger partial charge is 0.417 e. The number of aryl methyl sites for hydroxylation is 1. The maximum atomic E-state index is 13.1. The van der Waals surface area contributed by atoms with Gasteiger partial charge in [-0.3, -0.25) is 4.79 Å². The predicted molar refractivity (Wildman–Crippen MR) is 98.6 cm³/mol. The highest BCUT2D eigenvalue weighted by Crippen LogP contribution is 2.42. The second kappa shape index (κ2) is 6.22. The van der Waals surface area contributed by atoms with Crippen molar-refractivity contribution in [1.82, 2.24) is 9.13 Å². The van der Waals surface area contributed by atoms with Gasteiger partial charge in [0.25, 0.3) is 11.2 Å². The largest absolute Gasteiger partial charge is 0.493 e. The molecule has 4 rings (SSSR count). The SMILES string of the molecule is COc1cccc(-c2c3c([nH+]c4c2c(=O)n(C)c(=O)n4C)COC3=O)c1OC. The van der Waals surface area contributed by atoms with E-state index < -0.39 is 17.2 Å². The number of pyridine rings is 1. The molecule has 1 aliphatic rings. The summed E-state index contributed by atoms with van der Waals surface area (Å²) in [6.45, 7) is 0.0206. The lowest BCUT2D eigenvalue weighted by atomic mass is 9.95. The lowest BCUT2D eigenvalue weighted by Gasteiger charge is -2.15. The lowest BCUT2D eigenvalue weighted by molar-refractivity contribution is -0.365. The number of nitrogens with one attached hydrogen (secondary N) is 1. The summed E-state index contributed by atoms with van der Waals surface area (Å²) in [4.78, 5) is 41.0. The number of methoxy groups -OCH3 is 2. The fourth-order valence-electron chi connectivity index (χ4n) is 3.59. The Balaban J connectivity index is 2.30. The van der Waals surface area contributed by atoms with E-state index in [9.17, 15) is 14.4 Å². The molecule has 0 fully saturated rings. The number of carbonyl (C=O) groups excluding carboxylic acids is 1. The van der Waals surface area contributed by atoms with Gasteiger partial charge in [0.05, 0.1) is 21.3 Å². The van der Waals surface area contributed by atoms with Crippen LogP contribution in [-0.2, 0) is 25.4 Å². The Morgan fingerprint density at radius 1 is 1.04 bits per heavy atom. The molecule has 1 aromatic carbocycles. The number of rotatable bonds is 3. The summed E-state index contributed by atoms with van der Waals surface area (Å²) in [7, 11) is 5.92. The van der Waals surface area contributed by atoms with Crippen molar-refractivity contribution in [2.45, 2.75) is 6.61 Å². The molecule has 9 heteroatoms. The zero-order chi connectivity index (χ0) is 20.2. The van der Waals surface area contributed by atoms with Gasteiger partial charge in [0, 0.05) is 18.2 Å². The highest BCUT2D eigenvalue weighted by molar-refractivity contribution is 6.08. The number of carbonyl (C=O) groups is 1. The summed E-state index contributed by atoms with van der Waals surface area (Å²) in [6.07, 6.45) is 0. The van der Waals surface area contributed by atoms with Gasteiger partial charge in [-0.15, -0.1) is 0 Å². The van der Waals surface area contributed by atoms with Crippen LogP contribution in [0, 0.1) is 0 Å². The average Bonchev–Trinajstić information content (AvgIpc) is 3.09. The van der Waals surface area contributed by atoms with Gasteiger partial charge in [-0.1, -0.05) is 12.1 Å². The Kier molecular flexibility index (Phi) is 3.95. The molecule has 9 nitrogen and oxygen atoms in total. The molecule has 0 unspecified atom stereocenters. The van der Waals surface area contributed by atoms with E-state index in [1.54, 1.807) is 25.2 Å². The van der Waals surface area contributed by atoms with Crippen LogP contribution >= 0.6 is 0 Å². The number of H-pyrrole nitrogens is 1. The van der Waals surface area contributed by atoms with Gasteiger partial charge >= 0.3 is 11.7 Å². The van der Waals surface area contributed by atoms with Crippen LogP contribution in [-0.4, -0.2) is 29.3 Å². The van der Waals surface area contributed by atoms with Gasteiger partial charge in [-0.05, 0) is 6.07 Å². The zero-order valence-electron chi connectivity index (χ0n) is 15.8. The van der Waals surface area contributed by atoms with Crippen LogP contribution < -0.4 is 25.7 Å². The molecule has 3 heterocycles. The minimum atomic E-state index is -0.552. The Bertz CT molecular complexity index is 1270. The topological polar surface area (TPSA) is 103 Å². The number of nitrogens with zero attached hydrogens (tertiary/aromatic N) is 2. The maximum Gasteiger partial charge on any atom is 0.417 e. The van der Waals surface area contributed by atoms with Crippen molar-refractivity contribution in [3.63, 3.8) is 0 Å². The molecular weight excluding hydrogens is 366 g/mol. The first-order chi connectivity index (χ1) is 13.4. The van der Waals surface area contributed by atoms with Gasteiger partial charge in [0.15, 0.2) is 23.8 Å². The molecule has 1 N–H and O–H groups in total. The van der Waals surface area contributed by atoms with Gasteiger partial charge in [-0.25, -0.2) is 19.1 Å². The Morgan fingerprint density at radius 3 is 2.46 bits per heavy atom.